The minimum absolute atomic E-state index is 0.171. The zero-order valence-corrected chi connectivity index (χ0v) is 20.7. The van der Waals surface area contributed by atoms with Crippen molar-refractivity contribution in [2.75, 3.05) is 4.90 Å². The second-order valence-corrected chi connectivity index (χ2v) is 10.5. The number of hydrogen-bond acceptors (Lipinski definition) is 4. The topological polar surface area (TPSA) is 54.5 Å². The minimum atomic E-state index is -1.56. The second kappa shape index (κ2) is 7.79. The van der Waals surface area contributed by atoms with Gasteiger partial charge in [0.25, 0.3) is 0 Å². The summed E-state index contributed by atoms with van der Waals surface area (Å²) in [6, 6.07) is 15.7. The van der Waals surface area contributed by atoms with Crippen LogP contribution in [0.15, 0.2) is 66.7 Å². The van der Waals surface area contributed by atoms with E-state index in [0.29, 0.717) is 31.8 Å². The van der Waals surface area contributed by atoms with Crippen LogP contribution in [0.25, 0.3) is 6.08 Å². The number of nitrogens with zero attached hydrogens (tertiary/aromatic N) is 1. The van der Waals surface area contributed by atoms with Gasteiger partial charge in [0.05, 0.1) is 12.1 Å². The third-order valence-electron chi connectivity index (χ3n) is 7.48. The average molecular weight is 523 g/mol. The Balaban J connectivity index is 1.70. The van der Waals surface area contributed by atoms with Crippen LogP contribution in [0, 0.1) is 5.41 Å². The van der Waals surface area contributed by atoms with Crippen molar-refractivity contribution in [3.8, 4) is 0 Å². The first-order chi connectivity index (χ1) is 16.8. The Morgan fingerprint density at radius 1 is 0.886 bits per heavy atom. The summed E-state index contributed by atoms with van der Waals surface area (Å²) < 4.78 is 0. The highest BCUT2D eigenvalue weighted by molar-refractivity contribution is 6.36. The number of carbonyl (C=O) groups excluding carboxylic acids is 3. The fraction of sp³-hybridized carbons (Fsp3) is 0.179. The van der Waals surface area contributed by atoms with E-state index in [0.717, 1.165) is 11.3 Å². The van der Waals surface area contributed by atoms with E-state index in [1.807, 2.05) is 29.2 Å². The van der Waals surface area contributed by atoms with Gasteiger partial charge in [-0.15, -0.1) is 0 Å². The fourth-order valence-electron chi connectivity index (χ4n) is 6.20. The van der Waals surface area contributed by atoms with Gasteiger partial charge in [-0.2, -0.15) is 0 Å². The number of carbonyl (C=O) groups is 3. The van der Waals surface area contributed by atoms with Crippen molar-refractivity contribution >= 4 is 63.9 Å². The quantitative estimate of drug-likeness (QED) is 0.353. The molecule has 0 aromatic heterocycles. The number of anilines is 1. The minimum Gasteiger partial charge on any atom is -0.352 e. The molecule has 6 rings (SSSR count). The Morgan fingerprint density at radius 3 is 2.14 bits per heavy atom. The van der Waals surface area contributed by atoms with E-state index in [2.05, 4.69) is 0 Å². The maximum atomic E-state index is 14.3. The van der Waals surface area contributed by atoms with Crippen molar-refractivity contribution in [2.24, 2.45) is 5.41 Å². The predicted octanol–water partition coefficient (Wildman–Crippen LogP) is 6.67. The summed E-state index contributed by atoms with van der Waals surface area (Å²) in [5.74, 6) is -1.59. The Bertz CT molecular complexity index is 1460. The van der Waals surface area contributed by atoms with Gasteiger partial charge in [0.15, 0.2) is 17.3 Å². The van der Waals surface area contributed by atoms with Gasteiger partial charge < -0.3 is 4.90 Å². The van der Waals surface area contributed by atoms with Crippen LogP contribution in [0.5, 0.6) is 0 Å². The van der Waals surface area contributed by atoms with Crippen molar-refractivity contribution in [1.29, 1.82) is 0 Å². The molecule has 0 N–H and O–H groups in total. The van der Waals surface area contributed by atoms with Crippen molar-refractivity contribution in [1.82, 2.24) is 0 Å². The molecule has 3 aliphatic rings. The van der Waals surface area contributed by atoms with Crippen molar-refractivity contribution in [2.45, 2.75) is 24.9 Å². The molecule has 3 aromatic rings. The summed E-state index contributed by atoms with van der Waals surface area (Å²) in [5, 5.41) is 1.29. The zero-order valence-electron chi connectivity index (χ0n) is 18.5. The molecule has 3 atom stereocenters. The Hall–Kier alpha value is -2.92. The lowest BCUT2D eigenvalue weighted by Crippen LogP contribution is -2.48. The van der Waals surface area contributed by atoms with Crippen LogP contribution in [0.2, 0.25) is 15.1 Å². The number of benzene rings is 3. The van der Waals surface area contributed by atoms with Gasteiger partial charge in [0.2, 0.25) is 0 Å². The number of Topliss-reactive ketones (excluding diaryl/α,β-unsaturated/α-hetero) is 3. The fourth-order valence-corrected chi connectivity index (χ4v) is 6.90. The molecule has 0 bridgehead atoms. The summed E-state index contributed by atoms with van der Waals surface area (Å²) >= 11 is 19.1. The monoisotopic (exact) mass is 521 g/mol. The smallest absolute Gasteiger partial charge is 0.180 e. The number of rotatable bonds is 2. The maximum absolute atomic E-state index is 14.3. The summed E-state index contributed by atoms with van der Waals surface area (Å²) in [4.78, 5) is 43.9. The van der Waals surface area contributed by atoms with Crippen molar-refractivity contribution in [3.63, 3.8) is 0 Å². The number of ketones is 3. The lowest BCUT2D eigenvalue weighted by atomic mass is 9.64. The molecule has 2 heterocycles. The largest absolute Gasteiger partial charge is 0.352 e. The van der Waals surface area contributed by atoms with E-state index in [4.69, 9.17) is 34.8 Å². The molecule has 174 valence electrons. The molecular weight excluding hydrogens is 505 g/mol. The molecule has 0 saturated carbocycles. The summed E-state index contributed by atoms with van der Waals surface area (Å²) in [6.45, 7) is 1.49. The van der Waals surface area contributed by atoms with Gasteiger partial charge in [-0.3, -0.25) is 14.4 Å². The molecule has 4 nitrogen and oxygen atoms in total. The van der Waals surface area contributed by atoms with Gasteiger partial charge >= 0.3 is 0 Å². The Morgan fingerprint density at radius 2 is 1.51 bits per heavy atom. The molecule has 2 aliphatic heterocycles. The van der Waals surface area contributed by atoms with Gasteiger partial charge in [-0.05, 0) is 48.4 Å². The van der Waals surface area contributed by atoms with E-state index in [1.54, 1.807) is 48.5 Å². The van der Waals surface area contributed by atoms with Gasteiger partial charge in [-0.25, -0.2) is 0 Å². The SMILES string of the molecule is CC(=O)C1C(c2ccc(Cl)cc2Cl)C2(C(=O)c3ccccc3C2=O)C2C=Cc3cc(Cl)ccc3N12. The number of halogens is 3. The van der Waals surface area contributed by atoms with E-state index in [-0.39, 0.29) is 17.3 Å². The number of fused-ring (bicyclic) bond motifs is 5. The van der Waals surface area contributed by atoms with Crippen molar-refractivity contribution in [3.05, 3.63) is 104 Å². The third kappa shape index (κ3) is 2.91. The number of hydrogen-bond donors (Lipinski definition) is 0. The standard InChI is InChI=1S/C28H18Cl3NO3/c1-14(33)25-24(20-9-7-17(30)13-21(20)31)28(26(34)18-4-2-3-5-19(18)27(28)35)23-11-6-15-12-16(29)8-10-22(15)32(23)25/h2-13,23-25H,1H3. The third-order valence-corrected chi connectivity index (χ3v) is 8.28. The highest BCUT2D eigenvalue weighted by Gasteiger charge is 2.71. The van der Waals surface area contributed by atoms with Gasteiger partial charge in [-0.1, -0.05) is 77.3 Å². The highest BCUT2D eigenvalue weighted by Crippen LogP contribution is 2.61. The van der Waals surface area contributed by atoms with Crippen LogP contribution in [-0.2, 0) is 4.79 Å². The average Bonchev–Trinajstić information content (AvgIpc) is 3.26. The van der Waals surface area contributed by atoms with Crippen LogP contribution in [0.1, 0.15) is 44.7 Å². The van der Waals surface area contributed by atoms with Gasteiger partial charge in [0.1, 0.15) is 5.41 Å². The Labute approximate surface area is 217 Å². The summed E-state index contributed by atoms with van der Waals surface area (Å²) in [5.41, 5.74) is 1.27. The first kappa shape index (κ1) is 22.5. The van der Waals surface area contributed by atoms with E-state index < -0.39 is 23.4 Å². The molecule has 1 saturated heterocycles. The summed E-state index contributed by atoms with van der Waals surface area (Å²) in [6.07, 6.45) is 3.72. The molecule has 1 fully saturated rings. The van der Waals surface area contributed by atoms with Crippen molar-refractivity contribution < 1.29 is 14.4 Å². The zero-order chi connectivity index (χ0) is 24.6. The lowest BCUT2D eigenvalue weighted by molar-refractivity contribution is -0.118. The lowest BCUT2D eigenvalue weighted by Gasteiger charge is -2.37. The van der Waals surface area contributed by atoms with Crippen LogP contribution in [0.3, 0.4) is 0 Å². The van der Waals surface area contributed by atoms with Crippen LogP contribution < -0.4 is 4.90 Å². The second-order valence-electron chi connectivity index (χ2n) is 9.19. The molecule has 0 radical (unpaired) electrons. The molecule has 3 aromatic carbocycles. The molecule has 7 heteroatoms. The molecule has 3 unspecified atom stereocenters. The van der Waals surface area contributed by atoms with E-state index in [9.17, 15) is 14.4 Å². The van der Waals surface area contributed by atoms with Gasteiger partial charge in [0, 0.05) is 37.8 Å². The maximum Gasteiger partial charge on any atom is 0.180 e. The Kier molecular flexibility index (Phi) is 5.02. The summed E-state index contributed by atoms with van der Waals surface area (Å²) in [7, 11) is 0. The van der Waals surface area contributed by atoms with Crippen LogP contribution in [-0.4, -0.2) is 29.4 Å². The highest BCUT2D eigenvalue weighted by atomic mass is 35.5. The van der Waals surface area contributed by atoms with Crippen LogP contribution >= 0.6 is 34.8 Å². The van der Waals surface area contributed by atoms with Crippen LogP contribution in [0.4, 0.5) is 5.69 Å². The van der Waals surface area contributed by atoms with E-state index in [1.165, 1.54) is 6.92 Å². The molecule has 35 heavy (non-hydrogen) atoms. The molecule has 0 amide bonds. The van der Waals surface area contributed by atoms with E-state index >= 15 is 0 Å². The predicted molar refractivity (Wildman–Crippen MR) is 138 cm³/mol. The molecular formula is C28H18Cl3NO3. The first-order valence-electron chi connectivity index (χ1n) is 11.2. The normalized spacial score (nSPS) is 23.4. The molecule has 1 spiro atoms. The molecule has 1 aliphatic carbocycles. The first-order valence-corrected chi connectivity index (χ1v) is 12.3.